The van der Waals surface area contributed by atoms with Crippen LogP contribution in [-0.4, -0.2) is 28.7 Å². The molecule has 1 fully saturated rings. The van der Waals surface area contributed by atoms with E-state index < -0.39 is 0 Å². The number of benzene rings is 1. The first-order chi connectivity index (χ1) is 8.99. The number of carbonyl (C=O) groups is 1. The molecule has 1 amide bonds. The van der Waals surface area contributed by atoms with Crippen LogP contribution in [0.5, 0.6) is 0 Å². The molecule has 0 radical (unpaired) electrons. The zero-order chi connectivity index (χ0) is 14.0. The largest absolute Gasteiger partial charge is 0.339 e. The molecule has 0 bridgehead atoms. The number of carbonyl (C=O) groups excluding carboxylic acids is 1. The fraction of sp³-hybridized carbons (Fsp3) is 0.533. The molecule has 2 rings (SSSR count). The molecule has 0 aliphatic carbocycles. The predicted molar refractivity (Wildman–Crippen MR) is 83.2 cm³/mol. The highest BCUT2D eigenvalue weighted by molar-refractivity contribution is 9.09. The number of hydrogen-bond donors (Lipinski definition) is 0. The van der Waals surface area contributed by atoms with Crippen LogP contribution in [-0.2, 0) is 0 Å². The third-order valence-electron chi connectivity index (χ3n) is 3.83. The van der Waals surface area contributed by atoms with E-state index in [1.54, 1.807) is 0 Å². The van der Waals surface area contributed by atoms with Crippen molar-refractivity contribution in [1.82, 2.24) is 4.90 Å². The van der Waals surface area contributed by atoms with E-state index in [4.69, 9.17) is 11.6 Å². The number of amides is 1. The fourth-order valence-corrected chi connectivity index (χ4v) is 3.37. The van der Waals surface area contributed by atoms with Crippen molar-refractivity contribution in [3.8, 4) is 0 Å². The Hall–Kier alpha value is -0.540. The van der Waals surface area contributed by atoms with E-state index >= 15 is 0 Å². The van der Waals surface area contributed by atoms with Crippen LogP contribution < -0.4 is 0 Å². The minimum Gasteiger partial charge on any atom is -0.339 e. The van der Waals surface area contributed by atoms with Gasteiger partial charge in [-0.25, -0.2) is 0 Å². The number of piperidine rings is 1. The van der Waals surface area contributed by atoms with Gasteiger partial charge in [-0.1, -0.05) is 40.5 Å². The average molecular weight is 345 g/mol. The molecular formula is C15H19BrClNO. The molecule has 4 heteroatoms. The lowest BCUT2D eigenvalue weighted by Gasteiger charge is -2.33. The molecule has 104 valence electrons. The summed E-state index contributed by atoms with van der Waals surface area (Å²) in [6.07, 6.45) is 2.11. The second kappa shape index (κ2) is 6.27. The topological polar surface area (TPSA) is 20.3 Å². The number of alkyl halides is 1. The maximum atomic E-state index is 12.4. The van der Waals surface area contributed by atoms with Gasteiger partial charge in [0, 0.05) is 17.9 Å². The molecule has 19 heavy (non-hydrogen) atoms. The van der Waals surface area contributed by atoms with Gasteiger partial charge in [0.2, 0.25) is 0 Å². The van der Waals surface area contributed by atoms with E-state index in [-0.39, 0.29) is 5.91 Å². The Kier molecular flexibility index (Phi) is 4.91. The van der Waals surface area contributed by atoms with Gasteiger partial charge in [-0.05, 0) is 43.4 Å². The van der Waals surface area contributed by atoms with Gasteiger partial charge in [-0.3, -0.25) is 4.79 Å². The van der Waals surface area contributed by atoms with Crippen molar-refractivity contribution in [2.45, 2.75) is 31.5 Å². The summed E-state index contributed by atoms with van der Waals surface area (Å²) in [5, 5.41) is 0.556. The molecule has 1 aliphatic rings. The summed E-state index contributed by atoms with van der Waals surface area (Å²) in [5.41, 5.74) is 1.70. The second-order valence-electron chi connectivity index (χ2n) is 5.29. The number of hydrogen-bond acceptors (Lipinski definition) is 1. The van der Waals surface area contributed by atoms with Crippen molar-refractivity contribution in [3.05, 3.63) is 34.3 Å². The minimum absolute atomic E-state index is 0.0608. The van der Waals surface area contributed by atoms with Crippen LogP contribution >= 0.6 is 27.5 Å². The lowest BCUT2D eigenvalue weighted by atomic mass is 9.94. The summed E-state index contributed by atoms with van der Waals surface area (Å²) < 4.78 is 0. The summed E-state index contributed by atoms with van der Waals surface area (Å²) in [4.78, 5) is 14.9. The first kappa shape index (κ1) is 14.9. The maximum Gasteiger partial charge on any atom is 0.255 e. The van der Waals surface area contributed by atoms with Gasteiger partial charge in [0.15, 0.2) is 0 Å². The SMILES string of the molecule is Cc1ccc(C(=O)N2CCC(C(C)Br)CC2)c(Cl)c1. The van der Waals surface area contributed by atoms with Crippen LogP contribution in [0.25, 0.3) is 0 Å². The Morgan fingerprint density at radius 1 is 1.42 bits per heavy atom. The van der Waals surface area contributed by atoms with Gasteiger partial charge in [-0.2, -0.15) is 0 Å². The van der Waals surface area contributed by atoms with E-state index in [9.17, 15) is 4.79 Å². The Bertz CT molecular complexity index is 467. The zero-order valence-electron chi connectivity index (χ0n) is 11.3. The molecule has 0 saturated carbocycles. The number of aryl methyl sites for hydroxylation is 1. The van der Waals surface area contributed by atoms with Crippen LogP contribution in [0.1, 0.15) is 35.7 Å². The lowest BCUT2D eigenvalue weighted by molar-refractivity contribution is 0.0691. The molecule has 0 N–H and O–H groups in total. The van der Waals surface area contributed by atoms with Crippen molar-refractivity contribution < 1.29 is 4.79 Å². The van der Waals surface area contributed by atoms with Crippen LogP contribution in [0, 0.1) is 12.8 Å². The number of rotatable bonds is 2. The van der Waals surface area contributed by atoms with E-state index in [0.717, 1.165) is 31.5 Å². The number of halogens is 2. The van der Waals surface area contributed by atoms with Crippen molar-refractivity contribution in [1.29, 1.82) is 0 Å². The zero-order valence-corrected chi connectivity index (χ0v) is 13.7. The van der Waals surface area contributed by atoms with Crippen LogP contribution in [0.15, 0.2) is 18.2 Å². The third-order valence-corrected chi connectivity index (χ3v) is 4.89. The van der Waals surface area contributed by atoms with E-state index in [0.29, 0.717) is 21.3 Å². The Morgan fingerprint density at radius 3 is 2.58 bits per heavy atom. The molecule has 1 heterocycles. The summed E-state index contributed by atoms with van der Waals surface area (Å²) >= 11 is 9.80. The van der Waals surface area contributed by atoms with Crippen molar-refractivity contribution in [2.75, 3.05) is 13.1 Å². The first-order valence-electron chi connectivity index (χ1n) is 6.68. The Balaban J connectivity index is 2.05. The smallest absolute Gasteiger partial charge is 0.255 e. The van der Waals surface area contributed by atoms with Gasteiger partial charge in [0.05, 0.1) is 10.6 Å². The predicted octanol–water partition coefficient (Wildman–Crippen LogP) is 4.28. The molecule has 1 atom stereocenters. The Morgan fingerprint density at radius 2 is 2.05 bits per heavy atom. The molecule has 1 aromatic rings. The second-order valence-corrected chi connectivity index (χ2v) is 7.14. The summed E-state index contributed by atoms with van der Waals surface area (Å²) in [6.45, 7) is 5.80. The third kappa shape index (κ3) is 3.51. The highest BCUT2D eigenvalue weighted by atomic mass is 79.9. The standard InChI is InChI=1S/C15H19BrClNO/c1-10-3-4-13(14(17)9-10)15(19)18-7-5-12(6-8-18)11(2)16/h3-4,9,11-12H,5-8H2,1-2H3. The fourth-order valence-electron chi connectivity index (χ4n) is 2.53. The maximum absolute atomic E-state index is 12.4. The molecule has 2 nitrogen and oxygen atoms in total. The van der Waals surface area contributed by atoms with Gasteiger partial charge in [0.25, 0.3) is 5.91 Å². The monoisotopic (exact) mass is 343 g/mol. The average Bonchev–Trinajstić information content (AvgIpc) is 2.38. The molecular weight excluding hydrogens is 326 g/mol. The lowest BCUT2D eigenvalue weighted by Crippen LogP contribution is -2.40. The van der Waals surface area contributed by atoms with E-state index in [2.05, 4.69) is 22.9 Å². The van der Waals surface area contributed by atoms with Gasteiger partial charge >= 0.3 is 0 Å². The minimum atomic E-state index is 0.0608. The highest BCUT2D eigenvalue weighted by Crippen LogP contribution is 2.27. The molecule has 0 spiro atoms. The molecule has 1 aliphatic heterocycles. The summed E-state index contributed by atoms with van der Waals surface area (Å²) in [5.74, 6) is 0.725. The van der Waals surface area contributed by atoms with Crippen LogP contribution in [0.3, 0.4) is 0 Å². The Labute approximate surface area is 128 Å². The molecule has 1 saturated heterocycles. The van der Waals surface area contributed by atoms with Gasteiger partial charge in [-0.15, -0.1) is 0 Å². The van der Waals surface area contributed by atoms with Gasteiger partial charge in [0.1, 0.15) is 0 Å². The van der Waals surface area contributed by atoms with Crippen molar-refractivity contribution >= 4 is 33.4 Å². The van der Waals surface area contributed by atoms with Crippen LogP contribution in [0.4, 0.5) is 0 Å². The molecule has 1 aromatic carbocycles. The number of likely N-dealkylation sites (tertiary alicyclic amines) is 1. The molecule has 0 aromatic heterocycles. The van der Waals surface area contributed by atoms with Gasteiger partial charge < -0.3 is 4.90 Å². The number of nitrogens with zero attached hydrogens (tertiary/aromatic N) is 1. The molecule has 1 unspecified atom stereocenters. The van der Waals surface area contributed by atoms with Crippen molar-refractivity contribution in [3.63, 3.8) is 0 Å². The van der Waals surface area contributed by atoms with E-state index in [1.807, 2.05) is 30.0 Å². The quantitative estimate of drug-likeness (QED) is 0.733. The van der Waals surface area contributed by atoms with Crippen LogP contribution in [0.2, 0.25) is 5.02 Å². The first-order valence-corrected chi connectivity index (χ1v) is 7.98. The normalized spacial score (nSPS) is 18.4. The summed E-state index contributed by atoms with van der Waals surface area (Å²) in [6, 6.07) is 5.62. The highest BCUT2D eigenvalue weighted by Gasteiger charge is 2.26. The van der Waals surface area contributed by atoms with E-state index in [1.165, 1.54) is 0 Å². The van der Waals surface area contributed by atoms with Crippen molar-refractivity contribution in [2.24, 2.45) is 5.92 Å². The summed E-state index contributed by atoms with van der Waals surface area (Å²) in [7, 11) is 0.